The molecule has 8 atom stereocenters. The summed E-state index contributed by atoms with van der Waals surface area (Å²) in [7, 11) is -8.20. The highest BCUT2D eigenvalue weighted by Gasteiger charge is 2.41. The lowest BCUT2D eigenvalue weighted by atomic mass is 9.91. The van der Waals surface area contributed by atoms with Crippen LogP contribution in [0.5, 0.6) is 0 Å². The van der Waals surface area contributed by atoms with Crippen LogP contribution in [0.1, 0.15) is 90.2 Å². The fourth-order valence-electron chi connectivity index (χ4n) is 9.50. The van der Waals surface area contributed by atoms with E-state index in [4.69, 9.17) is 22.3 Å². The molecule has 2 aromatic carbocycles. The molecule has 0 saturated carbocycles. The number of sulfonamides is 2. The molecule has 2 amide bonds. The van der Waals surface area contributed by atoms with Crippen LogP contribution in [0.15, 0.2) is 46.2 Å². The highest BCUT2D eigenvalue weighted by molar-refractivity contribution is 7.90. The van der Waals surface area contributed by atoms with Crippen molar-refractivity contribution in [3.63, 3.8) is 0 Å². The zero-order valence-electron chi connectivity index (χ0n) is 40.4. The van der Waals surface area contributed by atoms with Gasteiger partial charge in [0.1, 0.15) is 34.0 Å². The van der Waals surface area contributed by atoms with Crippen molar-refractivity contribution < 1.29 is 46.2 Å². The second-order valence-electron chi connectivity index (χ2n) is 19.3. The first-order valence-electron chi connectivity index (χ1n) is 24.0. The second-order valence-corrected chi connectivity index (χ2v) is 22.7. The van der Waals surface area contributed by atoms with E-state index in [1.54, 1.807) is 12.1 Å². The number of para-hydroxylation sites is 2. The maximum Gasteiger partial charge on any atom is 0.326 e. The molecule has 0 spiro atoms. The Morgan fingerprint density at radius 3 is 1.37 bits per heavy atom. The average molecular weight is 1020 g/mol. The lowest BCUT2D eigenvalue weighted by molar-refractivity contribution is -0.153. The van der Waals surface area contributed by atoms with Crippen LogP contribution in [-0.4, -0.2) is 136 Å². The molecule has 70 heavy (non-hydrogen) atoms. The second kappa shape index (κ2) is 24.4. The number of guanidine groups is 2. The van der Waals surface area contributed by atoms with E-state index in [-0.39, 0.29) is 72.6 Å². The van der Waals surface area contributed by atoms with Gasteiger partial charge in [0.2, 0.25) is 31.9 Å². The van der Waals surface area contributed by atoms with E-state index < -0.39 is 68.0 Å². The van der Waals surface area contributed by atoms with E-state index in [0.29, 0.717) is 74.8 Å². The summed E-state index contributed by atoms with van der Waals surface area (Å²) >= 11 is 0. The van der Waals surface area contributed by atoms with Crippen LogP contribution < -0.4 is 42.2 Å². The number of carboxylic acids is 2. The number of carbonyl (C=O) groups excluding carboxylic acids is 2. The number of hydrogen-bond acceptors (Lipinski definition) is 12. The standard InChI is InChI=1S/2C23H36N6O5S/c2*1-14-8-10-29(18(12-14)22(31)32)21(30)17(6-4-9-26-23(24)25)28-35(33,34)19-7-3-5-16-11-15(2)13-27-20(16)19/h2*3,5,7,14-15,17-18,27-28H,4,6,8-13H2,1-2H3,(H,31,32)(H4,24,25,26)/t2*14-,15?,17?,18-/m11/s1. The summed E-state index contributed by atoms with van der Waals surface area (Å²) in [4.78, 5) is 53.5. The van der Waals surface area contributed by atoms with Gasteiger partial charge in [0.25, 0.3) is 0 Å². The van der Waals surface area contributed by atoms with E-state index >= 15 is 0 Å². The molecule has 0 radical (unpaired) electrons. The molecule has 0 aliphatic carbocycles. The summed E-state index contributed by atoms with van der Waals surface area (Å²) in [6.07, 6.45) is 4.37. The number of hydrogen-bond donors (Lipinski definition) is 12. The number of nitrogens with one attached hydrogen (secondary N) is 8. The molecule has 388 valence electrons. The first kappa shape index (κ1) is 55.2. The Morgan fingerprint density at radius 2 is 1.03 bits per heavy atom. The van der Waals surface area contributed by atoms with Crippen molar-refractivity contribution in [1.82, 2.24) is 29.9 Å². The number of nitrogens with two attached hydrogens (primary N) is 2. The smallest absolute Gasteiger partial charge is 0.326 e. The first-order chi connectivity index (χ1) is 33.0. The van der Waals surface area contributed by atoms with Crippen molar-refractivity contribution in [2.75, 3.05) is 49.9 Å². The van der Waals surface area contributed by atoms with E-state index in [1.807, 2.05) is 26.0 Å². The van der Waals surface area contributed by atoms with Crippen molar-refractivity contribution in [2.45, 2.75) is 126 Å². The van der Waals surface area contributed by atoms with Gasteiger partial charge in [0.15, 0.2) is 11.9 Å². The lowest BCUT2D eigenvalue weighted by Crippen LogP contribution is -2.56. The number of nitrogens with zero attached hydrogens (tertiary/aromatic N) is 2. The maximum absolute atomic E-state index is 13.5. The molecule has 2 saturated heterocycles. The molecular formula is C46H72N12O10S2. The Bertz CT molecular complexity index is 2290. The minimum atomic E-state index is -4.10. The van der Waals surface area contributed by atoms with E-state index in [1.165, 1.54) is 21.9 Å². The Balaban J connectivity index is 0.000000261. The monoisotopic (exact) mass is 1020 g/mol. The number of amides is 2. The van der Waals surface area contributed by atoms with Gasteiger partial charge in [0.05, 0.1) is 11.4 Å². The molecule has 4 heterocycles. The summed E-state index contributed by atoms with van der Waals surface area (Å²) in [5, 5.41) is 45.7. The normalized spacial score (nSPS) is 23.0. The van der Waals surface area contributed by atoms with Gasteiger partial charge in [-0.1, -0.05) is 52.0 Å². The number of aliphatic carboxylic acids is 2. The van der Waals surface area contributed by atoms with Gasteiger partial charge < -0.3 is 52.7 Å². The molecular weight excluding hydrogens is 945 g/mol. The number of piperidine rings is 2. The number of rotatable bonds is 18. The minimum Gasteiger partial charge on any atom is -0.480 e. The molecule has 24 heteroatoms. The van der Waals surface area contributed by atoms with Gasteiger partial charge in [0, 0.05) is 39.3 Å². The predicted molar refractivity (Wildman–Crippen MR) is 265 cm³/mol. The molecule has 4 aliphatic heterocycles. The SMILES string of the molecule is CC1CNc2c(cccc2S(=O)(=O)NC(CCCNC(=N)N)C(=O)N2CC[C@@H](C)C[C@@H]2C(=O)O)C1.CC1CNc2c(cccc2S(=O)(=O)NC(CCCNC(=N)N)C(=O)N2CC[C@@H](C)C[C@@H]2C(=O)O)C1. The number of benzene rings is 2. The molecule has 22 nitrogen and oxygen atoms in total. The average Bonchev–Trinajstić information content (AvgIpc) is 3.29. The Hall–Kier alpha value is -5.72. The summed E-state index contributed by atoms with van der Waals surface area (Å²) in [6.45, 7) is 10.4. The number of carbonyl (C=O) groups is 4. The quantitative estimate of drug-likeness (QED) is 0.0576. The fraction of sp³-hybridized carbons (Fsp3) is 0.609. The number of likely N-dealkylation sites (tertiary alicyclic amines) is 2. The lowest BCUT2D eigenvalue weighted by Gasteiger charge is -2.38. The summed E-state index contributed by atoms with van der Waals surface area (Å²) in [5.41, 5.74) is 13.5. The predicted octanol–water partition coefficient (Wildman–Crippen LogP) is 1.83. The molecule has 4 aliphatic rings. The maximum atomic E-state index is 13.5. The molecule has 6 rings (SSSR count). The van der Waals surface area contributed by atoms with Crippen LogP contribution >= 0.6 is 0 Å². The van der Waals surface area contributed by atoms with Crippen LogP contribution in [0.2, 0.25) is 0 Å². The topological polar surface area (TPSA) is 355 Å². The highest BCUT2D eigenvalue weighted by atomic mass is 32.2. The summed E-state index contributed by atoms with van der Waals surface area (Å²) in [6, 6.07) is 5.86. The molecule has 2 fully saturated rings. The number of anilines is 2. The van der Waals surface area contributed by atoms with Gasteiger partial charge in [-0.25, -0.2) is 26.4 Å². The van der Waals surface area contributed by atoms with Gasteiger partial charge in [-0.3, -0.25) is 20.4 Å². The summed E-state index contributed by atoms with van der Waals surface area (Å²) < 4.78 is 59.1. The van der Waals surface area contributed by atoms with Gasteiger partial charge >= 0.3 is 11.9 Å². The summed E-state index contributed by atoms with van der Waals surface area (Å²) in [5.74, 6) is -2.71. The van der Waals surface area contributed by atoms with E-state index in [0.717, 1.165) is 24.0 Å². The van der Waals surface area contributed by atoms with Crippen molar-refractivity contribution in [3.8, 4) is 0 Å². The van der Waals surface area contributed by atoms with E-state index in [2.05, 4.69) is 44.6 Å². The molecule has 0 bridgehead atoms. The minimum absolute atomic E-state index is 0.0728. The zero-order chi connectivity index (χ0) is 51.5. The van der Waals surface area contributed by atoms with E-state index in [9.17, 15) is 46.2 Å². The largest absolute Gasteiger partial charge is 0.480 e. The first-order valence-corrected chi connectivity index (χ1v) is 26.9. The highest BCUT2D eigenvalue weighted by Crippen LogP contribution is 2.34. The Morgan fingerprint density at radius 1 is 0.657 bits per heavy atom. The van der Waals surface area contributed by atoms with Crippen LogP contribution in [-0.2, 0) is 52.1 Å². The molecule has 4 unspecified atom stereocenters. The van der Waals surface area contributed by atoms with Gasteiger partial charge in [-0.15, -0.1) is 0 Å². The van der Waals surface area contributed by atoms with Gasteiger partial charge in [-0.2, -0.15) is 9.44 Å². The van der Waals surface area contributed by atoms with Crippen molar-refractivity contribution in [1.29, 1.82) is 10.8 Å². The third-order valence-electron chi connectivity index (χ3n) is 13.2. The van der Waals surface area contributed by atoms with Crippen LogP contribution in [0.4, 0.5) is 11.4 Å². The molecule has 14 N–H and O–H groups in total. The molecule has 2 aromatic rings. The molecule has 0 aromatic heterocycles. The van der Waals surface area contributed by atoms with Crippen molar-refractivity contribution in [2.24, 2.45) is 35.1 Å². The van der Waals surface area contributed by atoms with Crippen molar-refractivity contribution in [3.05, 3.63) is 47.5 Å². The zero-order valence-corrected chi connectivity index (χ0v) is 42.1. The van der Waals surface area contributed by atoms with Crippen LogP contribution in [0.3, 0.4) is 0 Å². The fourth-order valence-corrected chi connectivity index (χ4v) is 12.4. The van der Waals surface area contributed by atoms with Crippen LogP contribution in [0.25, 0.3) is 0 Å². The van der Waals surface area contributed by atoms with Crippen molar-refractivity contribution >= 4 is 67.1 Å². The Labute approximate surface area is 411 Å². The van der Waals surface area contributed by atoms with Gasteiger partial charge in [-0.05, 0) is 111 Å². The third kappa shape index (κ3) is 14.7. The number of fused-ring (bicyclic) bond motifs is 2. The third-order valence-corrected chi connectivity index (χ3v) is 16.3. The Kier molecular flexibility index (Phi) is 19.3. The van der Waals surface area contributed by atoms with Crippen LogP contribution in [0, 0.1) is 34.5 Å². The number of carboxylic acid groups (broad SMARTS) is 2.